The number of nitro groups is 1. The van der Waals surface area contributed by atoms with E-state index in [1.54, 1.807) is 6.92 Å². The molecule has 32 heavy (non-hydrogen) atoms. The quantitative estimate of drug-likeness (QED) is 0.200. The predicted molar refractivity (Wildman–Crippen MR) is 132 cm³/mol. The summed E-state index contributed by atoms with van der Waals surface area (Å²) in [4.78, 5) is 32.6. The van der Waals surface area contributed by atoms with Crippen LogP contribution in [0.15, 0.2) is 12.1 Å². The van der Waals surface area contributed by atoms with Crippen molar-refractivity contribution in [2.75, 3.05) is 7.11 Å². The number of non-ortho nitro benzene ring substituents is 1. The van der Waals surface area contributed by atoms with E-state index in [2.05, 4.69) is 20.8 Å². The summed E-state index contributed by atoms with van der Waals surface area (Å²) >= 11 is 0. The smallest absolute Gasteiger partial charge is 0.308 e. The minimum Gasteiger partial charge on any atom is -0.469 e. The number of rotatable bonds is 5. The Bertz CT molecular complexity index is 692. The summed E-state index contributed by atoms with van der Waals surface area (Å²) in [6, 6.07) is 2.86. The van der Waals surface area contributed by atoms with Gasteiger partial charge in [-0.05, 0) is 63.0 Å². The van der Waals surface area contributed by atoms with Crippen LogP contribution in [0.25, 0.3) is 0 Å². The van der Waals surface area contributed by atoms with Gasteiger partial charge in [-0.25, -0.2) is 0 Å². The van der Waals surface area contributed by atoms with Gasteiger partial charge >= 0.3 is 5.97 Å². The van der Waals surface area contributed by atoms with Crippen LogP contribution in [0.3, 0.4) is 0 Å². The molecule has 6 heteroatoms. The lowest BCUT2D eigenvalue weighted by Crippen LogP contribution is -2.22. The van der Waals surface area contributed by atoms with Crippen molar-refractivity contribution in [3.63, 3.8) is 0 Å². The minimum absolute atomic E-state index is 0.00967. The molecule has 0 aliphatic heterocycles. The molecule has 1 saturated carbocycles. The number of carbonyl (C=O) groups excluding carboxylic acids is 2. The van der Waals surface area contributed by atoms with Crippen molar-refractivity contribution in [2.45, 2.75) is 100 Å². The zero-order chi connectivity index (χ0) is 25.3. The van der Waals surface area contributed by atoms with Crippen LogP contribution in [0, 0.1) is 28.9 Å². The number of nitro benzene ring substituents is 1. The molecule has 0 aromatic heterocycles. The Morgan fingerprint density at radius 2 is 1.56 bits per heavy atom. The van der Waals surface area contributed by atoms with Gasteiger partial charge in [0.15, 0.2) is 5.78 Å². The predicted octanol–water partition coefficient (Wildman–Crippen LogP) is 7.49. The Labute approximate surface area is 195 Å². The first kappa shape index (κ1) is 31.9. The normalized spacial score (nSPS) is 16.7. The molecule has 0 amide bonds. The fourth-order valence-corrected chi connectivity index (χ4v) is 3.66. The summed E-state index contributed by atoms with van der Waals surface area (Å²) in [5.41, 5.74) is 2.14. The van der Waals surface area contributed by atoms with E-state index in [0.717, 1.165) is 29.9 Å². The number of aryl methyl sites for hydroxylation is 1. The summed E-state index contributed by atoms with van der Waals surface area (Å²) < 4.78 is 4.72. The van der Waals surface area contributed by atoms with Gasteiger partial charge in [-0.2, -0.15) is 0 Å². The molecule has 0 unspecified atom stereocenters. The number of esters is 1. The standard InChI is InChI=1S/C11H13NO3.C10H18O2.C3H8.C2H6/c1-4-10-7(2)5-9(12(14)15)6-11(10)8(3)13;1-3-8-4-6-9(7-5-8)10(11)12-2;1-3-2;1-2/h5-6H,4H2,1-3H3;8-9H,3-7H2,1-2H3;3H2,1-2H3;1-2H3. The highest BCUT2D eigenvalue weighted by Gasteiger charge is 2.25. The summed E-state index contributed by atoms with van der Waals surface area (Å²) in [5.74, 6) is 0.909. The lowest BCUT2D eigenvalue weighted by molar-refractivity contribution is -0.384. The molecule has 0 spiro atoms. The molecule has 0 saturated heterocycles. The highest BCUT2D eigenvalue weighted by Crippen LogP contribution is 2.31. The highest BCUT2D eigenvalue weighted by atomic mass is 16.6. The Hall–Kier alpha value is -2.24. The molecule has 0 heterocycles. The average molecular weight is 452 g/mol. The molecule has 6 nitrogen and oxygen atoms in total. The maximum absolute atomic E-state index is 11.3. The van der Waals surface area contributed by atoms with E-state index < -0.39 is 4.92 Å². The van der Waals surface area contributed by atoms with Crippen molar-refractivity contribution in [3.8, 4) is 0 Å². The lowest BCUT2D eigenvalue weighted by atomic mass is 9.81. The number of hydrogen-bond donors (Lipinski definition) is 0. The van der Waals surface area contributed by atoms with Crippen molar-refractivity contribution in [1.82, 2.24) is 0 Å². The van der Waals surface area contributed by atoms with E-state index in [9.17, 15) is 19.7 Å². The first-order valence-corrected chi connectivity index (χ1v) is 12.0. The second kappa shape index (κ2) is 18.3. The zero-order valence-corrected chi connectivity index (χ0v) is 21.7. The molecule has 0 N–H and O–H groups in total. The third-order valence-electron chi connectivity index (χ3n) is 5.36. The summed E-state index contributed by atoms with van der Waals surface area (Å²) in [5, 5.41) is 10.6. The molecule has 1 aliphatic carbocycles. The third-order valence-corrected chi connectivity index (χ3v) is 5.36. The van der Waals surface area contributed by atoms with E-state index in [0.29, 0.717) is 12.0 Å². The molecule has 1 aromatic rings. The highest BCUT2D eigenvalue weighted by molar-refractivity contribution is 5.96. The minimum atomic E-state index is -0.473. The average Bonchev–Trinajstić information content (AvgIpc) is 2.80. The van der Waals surface area contributed by atoms with Crippen molar-refractivity contribution in [2.24, 2.45) is 11.8 Å². The second-order valence-electron chi connectivity index (χ2n) is 7.81. The fraction of sp³-hybridized carbons (Fsp3) is 0.692. The number of carbonyl (C=O) groups is 2. The van der Waals surface area contributed by atoms with Crippen LogP contribution >= 0.6 is 0 Å². The van der Waals surface area contributed by atoms with Gasteiger partial charge in [-0.15, -0.1) is 0 Å². The topological polar surface area (TPSA) is 86.5 Å². The first-order valence-electron chi connectivity index (χ1n) is 12.0. The second-order valence-corrected chi connectivity index (χ2v) is 7.81. The summed E-state index contributed by atoms with van der Waals surface area (Å²) in [6.07, 6.45) is 7.69. The summed E-state index contributed by atoms with van der Waals surface area (Å²) in [6.45, 7) is 15.6. The van der Waals surface area contributed by atoms with Gasteiger partial charge in [0.05, 0.1) is 18.0 Å². The number of ketones is 1. The molecule has 1 aliphatic rings. The molecule has 184 valence electrons. The Kier molecular flexibility index (Phi) is 18.3. The molecular weight excluding hydrogens is 406 g/mol. The van der Waals surface area contributed by atoms with Crippen molar-refractivity contribution >= 4 is 17.4 Å². The molecule has 0 atom stereocenters. The Morgan fingerprint density at radius 1 is 1.06 bits per heavy atom. The SMILES string of the molecule is CC.CCC.CCC1CCC(C(=O)OC)CC1.CCc1c(C)cc([N+](=O)[O-])cc1C(C)=O. The molecule has 0 radical (unpaired) electrons. The maximum atomic E-state index is 11.3. The largest absolute Gasteiger partial charge is 0.469 e. The van der Waals surface area contributed by atoms with Crippen LogP contribution in [-0.4, -0.2) is 23.8 Å². The van der Waals surface area contributed by atoms with E-state index >= 15 is 0 Å². The van der Waals surface area contributed by atoms with Gasteiger partial charge in [0, 0.05) is 17.7 Å². The third kappa shape index (κ3) is 11.4. The molecular formula is C26H45NO5. The van der Waals surface area contributed by atoms with Gasteiger partial charge in [0.25, 0.3) is 5.69 Å². The van der Waals surface area contributed by atoms with Gasteiger partial charge in [0.1, 0.15) is 0 Å². The van der Waals surface area contributed by atoms with Crippen LogP contribution < -0.4 is 0 Å². The maximum Gasteiger partial charge on any atom is 0.308 e. The monoisotopic (exact) mass is 451 g/mol. The number of ether oxygens (including phenoxy) is 1. The molecule has 2 rings (SSSR count). The number of nitrogens with zero attached hydrogens (tertiary/aromatic N) is 1. The lowest BCUT2D eigenvalue weighted by Gasteiger charge is -2.25. The molecule has 1 aromatic carbocycles. The van der Waals surface area contributed by atoms with E-state index in [4.69, 9.17) is 4.74 Å². The van der Waals surface area contributed by atoms with Gasteiger partial charge in [-0.1, -0.05) is 54.4 Å². The Balaban J connectivity index is 0. The van der Waals surface area contributed by atoms with Gasteiger partial charge in [-0.3, -0.25) is 19.7 Å². The number of methoxy groups -OCH3 is 1. The van der Waals surface area contributed by atoms with Crippen LogP contribution in [0.4, 0.5) is 5.69 Å². The van der Waals surface area contributed by atoms with Crippen molar-refractivity contribution in [3.05, 3.63) is 38.9 Å². The molecule has 0 bridgehead atoms. The Morgan fingerprint density at radius 3 is 1.91 bits per heavy atom. The van der Waals surface area contributed by atoms with Crippen LogP contribution in [0.2, 0.25) is 0 Å². The van der Waals surface area contributed by atoms with Gasteiger partial charge in [0.2, 0.25) is 0 Å². The van der Waals surface area contributed by atoms with Crippen LogP contribution in [0.5, 0.6) is 0 Å². The number of benzene rings is 1. The van der Waals surface area contributed by atoms with E-state index in [1.807, 2.05) is 20.8 Å². The van der Waals surface area contributed by atoms with Gasteiger partial charge < -0.3 is 4.74 Å². The van der Waals surface area contributed by atoms with E-state index in [-0.39, 0.29) is 23.4 Å². The summed E-state index contributed by atoms with van der Waals surface area (Å²) in [7, 11) is 1.48. The van der Waals surface area contributed by atoms with Crippen molar-refractivity contribution < 1.29 is 19.2 Å². The van der Waals surface area contributed by atoms with E-state index in [1.165, 1.54) is 51.8 Å². The zero-order valence-electron chi connectivity index (χ0n) is 21.7. The number of hydrogen-bond acceptors (Lipinski definition) is 5. The van der Waals surface area contributed by atoms with Crippen LogP contribution in [-0.2, 0) is 16.0 Å². The van der Waals surface area contributed by atoms with Crippen molar-refractivity contribution in [1.29, 1.82) is 0 Å². The first-order chi connectivity index (χ1) is 15.2. The van der Waals surface area contributed by atoms with Crippen LogP contribution in [0.1, 0.15) is 108 Å². The fourth-order valence-electron chi connectivity index (χ4n) is 3.66. The molecule has 1 fully saturated rings. The number of Topliss-reactive ketones (excluding diaryl/α,β-unsaturated/α-hetero) is 1.